The molecule has 0 saturated carbocycles. The minimum atomic E-state index is -0.745. The Morgan fingerprint density at radius 3 is 2.25 bits per heavy atom. The molecule has 0 bridgehead atoms. The van der Waals surface area contributed by atoms with Crippen LogP contribution in [0.1, 0.15) is 11.1 Å². The van der Waals surface area contributed by atoms with Crippen LogP contribution in [-0.2, 0) is 6.61 Å². The van der Waals surface area contributed by atoms with Gasteiger partial charge in [0, 0.05) is 5.56 Å². The summed E-state index contributed by atoms with van der Waals surface area (Å²) in [5.74, 6) is -2.32. The van der Waals surface area contributed by atoms with Crippen LogP contribution in [0.5, 0.6) is 5.75 Å². The molecule has 0 amide bonds. The fourth-order valence-corrected chi connectivity index (χ4v) is 1.72. The second kappa shape index (κ2) is 5.92. The van der Waals surface area contributed by atoms with Gasteiger partial charge < -0.3 is 10.5 Å². The van der Waals surface area contributed by atoms with Gasteiger partial charge in [0.05, 0.1) is 5.56 Å². The molecule has 20 heavy (non-hydrogen) atoms. The van der Waals surface area contributed by atoms with Gasteiger partial charge >= 0.3 is 0 Å². The molecule has 0 unspecified atom stereocenters. The molecule has 0 aliphatic rings. The Labute approximate surface area is 119 Å². The summed E-state index contributed by atoms with van der Waals surface area (Å²) in [6, 6.07) is 7.34. The quantitative estimate of drug-likeness (QED) is 0.879. The summed E-state index contributed by atoms with van der Waals surface area (Å²) in [6.45, 7) is -0.415. The zero-order valence-electron chi connectivity index (χ0n) is 10.2. The fraction of sp³-hybridized carbons (Fsp3) is 0.0714. The van der Waals surface area contributed by atoms with Crippen molar-refractivity contribution in [2.24, 2.45) is 5.73 Å². The third kappa shape index (κ3) is 3.08. The van der Waals surface area contributed by atoms with Gasteiger partial charge in [-0.3, -0.25) is 0 Å². The van der Waals surface area contributed by atoms with Crippen molar-refractivity contribution in [2.45, 2.75) is 6.61 Å². The van der Waals surface area contributed by atoms with E-state index in [1.807, 2.05) is 0 Å². The lowest BCUT2D eigenvalue weighted by molar-refractivity contribution is 0.278. The molecule has 2 nitrogen and oxygen atoms in total. The smallest absolute Gasteiger partial charge is 0.165 e. The molecule has 0 heterocycles. The van der Waals surface area contributed by atoms with Gasteiger partial charge in [0.25, 0.3) is 0 Å². The van der Waals surface area contributed by atoms with E-state index in [4.69, 9.17) is 22.7 Å². The van der Waals surface area contributed by atoms with E-state index in [0.717, 1.165) is 18.2 Å². The highest BCUT2D eigenvalue weighted by Gasteiger charge is 2.11. The van der Waals surface area contributed by atoms with Crippen LogP contribution < -0.4 is 10.5 Å². The van der Waals surface area contributed by atoms with E-state index in [1.54, 1.807) is 0 Å². The Hall–Kier alpha value is -2.08. The van der Waals surface area contributed by atoms with Crippen molar-refractivity contribution in [3.05, 3.63) is 65.0 Å². The maximum atomic E-state index is 13.7. The van der Waals surface area contributed by atoms with Gasteiger partial charge in [-0.15, -0.1) is 0 Å². The maximum Gasteiger partial charge on any atom is 0.165 e. The highest BCUT2D eigenvalue weighted by atomic mass is 32.1. The zero-order chi connectivity index (χ0) is 14.7. The number of hydrogen-bond acceptors (Lipinski definition) is 2. The summed E-state index contributed by atoms with van der Waals surface area (Å²) >= 11 is 4.71. The zero-order valence-corrected chi connectivity index (χ0v) is 11.0. The average molecular weight is 297 g/mol. The van der Waals surface area contributed by atoms with Crippen LogP contribution in [0.4, 0.5) is 13.2 Å². The maximum absolute atomic E-state index is 13.7. The molecule has 0 aliphatic carbocycles. The Bertz CT molecular complexity index is 641. The van der Waals surface area contributed by atoms with Crippen molar-refractivity contribution in [1.29, 1.82) is 0 Å². The minimum absolute atomic E-state index is 0.0515. The van der Waals surface area contributed by atoms with Crippen LogP contribution in [0.3, 0.4) is 0 Å². The molecule has 0 saturated heterocycles. The van der Waals surface area contributed by atoms with Gasteiger partial charge in [0.15, 0.2) is 11.6 Å². The highest BCUT2D eigenvalue weighted by molar-refractivity contribution is 7.80. The lowest BCUT2D eigenvalue weighted by atomic mass is 10.2. The average Bonchev–Trinajstić information content (AvgIpc) is 2.39. The van der Waals surface area contributed by atoms with Gasteiger partial charge in [-0.25, -0.2) is 13.2 Å². The number of benzene rings is 2. The first-order valence-electron chi connectivity index (χ1n) is 5.64. The molecule has 0 fully saturated rings. The molecule has 2 rings (SSSR count). The van der Waals surface area contributed by atoms with E-state index in [2.05, 4.69) is 0 Å². The fourth-order valence-electron chi connectivity index (χ4n) is 1.59. The third-order valence-corrected chi connectivity index (χ3v) is 2.89. The molecular weight excluding hydrogens is 287 g/mol. The van der Waals surface area contributed by atoms with Crippen LogP contribution in [0.2, 0.25) is 0 Å². The summed E-state index contributed by atoms with van der Waals surface area (Å²) in [4.78, 5) is 0.0515. The number of halogens is 3. The lowest BCUT2D eigenvalue weighted by Gasteiger charge is -2.09. The Kier molecular flexibility index (Phi) is 4.24. The second-order valence-electron chi connectivity index (χ2n) is 4.00. The number of ether oxygens (including phenoxy) is 1. The van der Waals surface area contributed by atoms with Crippen LogP contribution in [0, 0.1) is 17.5 Å². The first-order valence-corrected chi connectivity index (χ1v) is 6.05. The molecule has 0 aliphatic heterocycles. The monoisotopic (exact) mass is 297 g/mol. The van der Waals surface area contributed by atoms with E-state index in [0.29, 0.717) is 5.56 Å². The van der Waals surface area contributed by atoms with Crippen molar-refractivity contribution < 1.29 is 17.9 Å². The molecule has 0 aromatic heterocycles. The van der Waals surface area contributed by atoms with E-state index in [9.17, 15) is 13.2 Å². The van der Waals surface area contributed by atoms with Crippen molar-refractivity contribution in [1.82, 2.24) is 0 Å². The van der Waals surface area contributed by atoms with Crippen molar-refractivity contribution in [3.8, 4) is 5.75 Å². The number of hydrogen-bond donors (Lipinski definition) is 1. The van der Waals surface area contributed by atoms with Crippen LogP contribution >= 0.6 is 12.2 Å². The number of rotatable bonds is 4. The number of thiocarbonyl (C=S) groups is 1. The van der Waals surface area contributed by atoms with Crippen LogP contribution in [-0.4, -0.2) is 4.99 Å². The molecular formula is C14H10F3NOS. The Balaban J connectivity index is 2.17. The van der Waals surface area contributed by atoms with Crippen molar-refractivity contribution in [3.63, 3.8) is 0 Å². The third-order valence-electron chi connectivity index (χ3n) is 2.65. The largest absolute Gasteiger partial charge is 0.486 e. The lowest BCUT2D eigenvalue weighted by Crippen LogP contribution is -2.10. The normalized spacial score (nSPS) is 10.3. The molecule has 0 radical (unpaired) electrons. The summed E-state index contributed by atoms with van der Waals surface area (Å²) in [5.41, 5.74) is 5.45. The van der Waals surface area contributed by atoms with E-state index < -0.39 is 24.1 Å². The molecule has 2 aromatic carbocycles. The molecule has 0 atom stereocenters. The van der Waals surface area contributed by atoms with Crippen LogP contribution in [0.25, 0.3) is 0 Å². The first-order chi connectivity index (χ1) is 9.49. The van der Waals surface area contributed by atoms with E-state index in [-0.39, 0.29) is 16.3 Å². The Morgan fingerprint density at radius 2 is 1.70 bits per heavy atom. The molecule has 6 heteroatoms. The van der Waals surface area contributed by atoms with Crippen LogP contribution in [0.15, 0.2) is 36.4 Å². The summed E-state index contributed by atoms with van der Waals surface area (Å²) < 4.78 is 45.5. The molecule has 0 spiro atoms. The first kappa shape index (κ1) is 14.3. The van der Waals surface area contributed by atoms with Gasteiger partial charge in [0.1, 0.15) is 23.2 Å². The summed E-state index contributed by atoms with van der Waals surface area (Å²) in [6.07, 6.45) is 0. The number of nitrogens with two attached hydrogens (primary N) is 1. The predicted octanol–water partition coefficient (Wildman–Crippen LogP) is 3.32. The second-order valence-corrected chi connectivity index (χ2v) is 4.44. The van der Waals surface area contributed by atoms with Gasteiger partial charge in [-0.2, -0.15) is 0 Å². The summed E-state index contributed by atoms with van der Waals surface area (Å²) in [5, 5.41) is 0. The topological polar surface area (TPSA) is 35.2 Å². The van der Waals surface area contributed by atoms with E-state index >= 15 is 0 Å². The standard InChI is InChI=1S/C14H10F3NOS/c15-10-2-1-3-11(16)9(10)7-19-13-5-4-8(14(18)20)6-12(13)17/h1-6H,7H2,(H2,18,20). The molecule has 104 valence electrons. The SMILES string of the molecule is NC(=S)c1ccc(OCc2c(F)cccc2F)c(F)c1. The molecule has 2 N–H and O–H groups in total. The van der Waals surface area contributed by atoms with Crippen molar-refractivity contribution in [2.75, 3.05) is 0 Å². The van der Waals surface area contributed by atoms with E-state index in [1.165, 1.54) is 18.2 Å². The highest BCUT2D eigenvalue weighted by Crippen LogP contribution is 2.21. The van der Waals surface area contributed by atoms with Gasteiger partial charge in [0.2, 0.25) is 0 Å². The van der Waals surface area contributed by atoms with Gasteiger partial charge in [-0.05, 0) is 30.3 Å². The summed E-state index contributed by atoms with van der Waals surface area (Å²) in [7, 11) is 0. The van der Waals surface area contributed by atoms with Gasteiger partial charge in [-0.1, -0.05) is 18.3 Å². The Morgan fingerprint density at radius 1 is 1.05 bits per heavy atom. The van der Waals surface area contributed by atoms with Crippen molar-refractivity contribution >= 4 is 17.2 Å². The molecule has 2 aromatic rings. The minimum Gasteiger partial charge on any atom is -0.486 e. The predicted molar refractivity (Wildman–Crippen MR) is 73.0 cm³/mol.